The van der Waals surface area contributed by atoms with Crippen molar-refractivity contribution in [1.82, 2.24) is 0 Å². The molecule has 0 spiro atoms. The zero-order valence-corrected chi connectivity index (χ0v) is 18.6. The Morgan fingerprint density at radius 3 is 2.39 bits per heavy atom. The third-order valence-corrected chi connectivity index (χ3v) is 5.00. The van der Waals surface area contributed by atoms with E-state index >= 15 is 0 Å². The maximum atomic E-state index is 12.6. The van der Waals surface area contributed by atoms with E-state index in [0.29, 0.717) is 35.8 Å². The van der Waals surface area contributed by atoms with E-state index in [2.05, 4.69) is 4.99 Å². The summed E-state index contributed by atoms with van der Waals surface area (Å²) in [5.74, 6) is -1.17. The Balaban J connectivity index is 1.83. The molecule has 2 rings (SSSR count). The van der Waals surface area contributed by atoms with Crippen LogP contribution in [0, 0.1) is 11.8 Å². The molecule has 2 unspecified atom stereocenters. The summed E-state index contributed by atoms with van der Waals surface area (Å²) in [6.07, 6.45) is 3.76. The van der Waals surface area contributed by atoms with Crippen molar-refractivity contribution in [3.8, 4) is 5.75 Å². The fourth-order valence-electron chi connectivity index (χ4n) is 3.47. The van der Waals surface area contributed by atoms with Gasteiger partial charge in [0.1, 0.15) is 11.7 Å². The molecule has 0 fully saturated rings. The van der Waals surface area contributed by atoms with E-state index in [1.54, 1.807) is 26.8 Å². The molecule has 0 aliphatic carbocycles. The number of ketones is 1. The molecule has 1 aliphatic rings. The van der Waals surface area contributed by atoms with E-state index in [9.17, 15) is 14.4 Å². The Morgan fingerprint density at radius 1 is 1.10 bits per heavy atom. The predicted octanol–water partition coefficient (Wildman–Crippen LogP) is 3.77. The lowest BCUT2D eigenvalue weighted by Gasteiger charge is -2.28. The molecule has 0 N–H and O–H groups in total. The Kier molecular flexibility index (Phi) is 8.73. The number of hydrogen-bond donors (Lipinski definition) is 0. The Labute approximate surface area is 182 Å². The third kappa shape index (κ3) is 6.64. The Hall–Kier alpha value is -3.22. The first kappa shape index (κ1) is 24.1. The van der Waals surface area contributed by atoms with Crippen molar-refractivity contribution in [2.45, 2.75) is 34.1 Å². The zero-order chi connectivity index (χ0) is 23.0. The molecule has 0 radical (unpaired) electrons. The summed E-state index contributed by atoms with van der Waals surface area (Å²) >= 11 is 0. The summed E-state index contributed by atoms with van der Waals surface area (Å²) in [5, 5.41) is 0. The normalized spacial score (nSPS) is 18.5. The molecule has 0 aromatic heterocycles. The first-order valence-corrected chi connectivity index (χ1v) is 10.2. The smallest absolute Gasteiger partial charge is 0.336 e. The second kappa shape index (κ2) is 11.2. The second-order valence-corrected chi connectivity index (χ2v) is 7.39. The molecule has 0 saturated heterocycles. The number of rotatable bonds is 9. The van der Waals surface area contributed by atoms with Gasteiger partial charge < -0.3 is 14.2 Å². The molecule has 0 bridgehead atoms. The van der Waals surface area contributed by atoms with Crippen LogP contribution in [0.25, 0.3) is 6.08 Å². The van der Waals surface area contributed by atoms with Crippen molar-refractivity contribution in [3.05, 3.63) is 47.2 Å². The van der Waals surface area contributed by atoms with Gasteiger partial charge in [-0.2, -0.15) is 0 Å². The van der Waals surface area contributed by atoms with E-state index < -0.39 is 17.9 Å². The Morgan fingerprint density at radius 2 is 1.77 bits per heavy atom. The van der Waals surface area contributed by atoms with Gasteiger partial charge in [0.25, 0.3) is 0 Å². The topological polar surface area (TPSA) is 91.3 Å². The molecule has 31 heavy (non-hydrogen) atoms. The van der Waals surface area contributed by atoms with Crippen molar-refractivity contribution < 1.29 is 28.6 Å². The van der Waals surface area contributed by atoms with Crippen molar-refractivity contribution in [2.75, 3.05) is 20.3 Å². The fraction of sp³-hybridized carbons (Fsp3) is 0.417. The quantitative estimate of drug-likeness (QED) is 0.338. The first-order chi connectivity index (χ1) is 14.7. The van der Waals surface area contributed by atoms with Gasteiger partial charge in [-0.25, -0.2) is 4.79 Å². The molecule has 7 heteroatoms. The Bertz CT molecular complexity index is 911. The highest BCUT2D eigenvalue weighted by molar-refractivity contribution is 6.05. The molecule has 1 aromatic rings. The van der Waals surface area contributed by atoms with Crippen LogP contribution in [0.15, 0.2) is 46.6 Å². The summed E-state index contributed by atoms with van der Waals surface area (Å²) < 4.78 is 15.9. The SMILES string of the molecule is COC(=O)C1C(C)=NC(C)=C(C(=O)OCCCOc2ccc(C=CC(C)=O)cc2)C1C. The lowest BCUT2D eigenvalue weighted by atomic mass is 9.81. The minimum Gasteiger partial charge on any atom is -0.493 e. The van der Waals surface area contributed by atoms with Crippen molar-refractivity contribution >= 4 is 29.5 Å². The van der Waals surface area contributed by atoms with E-state index in [0.717, 1.165) is 5.56 Å². The summed E-state index contributed by atoms with van der Waals surface area (Å²) in [7, 11) is 1.32. The van der Waals surface area contributed by atoms with Gasteiger partial charge in [-0.15, -0.1) is 0 Å². The van der Waals surface area contributed by atoms with Gasteiger partial charge in [-0.3, -0.25) is 14.6 Å². The number of benzene rings is 1. The van der Waals surface area contributed by atoms with Gasteiger partial charge in [0.2, 0.25) is 0 Å². The minimum absolute atomic E-state index is 0.00814. The van der Waals surface area contributed by atoms with E-state index in [1.807, 2.05) is 24.3 Å². The van der Waals surface area contributed by atoms with Gasteiger partial charge >= 0.3 is 11.9 Å². The summed E-state index contributed by atoms with van der Waals surface area (Å²) in [6, 6.07) is 7.34. The summed E-state index contributed by atoms with van der Waals surface area (Å²) in [4.78, 5) is 40.0. The van der Waals surface area contributed by atoms with Gasteiger partial charge in [0.15, 0.2) is 5.78 Å². The van der Waals surface area contributed by atoms with Crippen molar-refractivity contribution in [2.24, 2.45) is 16.8 Å². The molecular weight excluding hydrogens is 398 g/mol. The number of methoxy groups -OCH3 is 1. The molecule has 1 aromatic carbocycles. The maximum Gasteiger partial charge on any atom is 0.336 e. The van der Waals surface area contributed by atoms with Crippen LogP contribution in [-0.4, -0.2) is 43.8 Å². The van der Waals surface area contributed by atoms with Crippen LogP contribution in [0.5, 0.6) is 5.75 Å². The summed E-state index contributed by atoms with van der Waals surface area (Å²) in [6.45, 7) is 7.37. The van der Waals surface area contributed by atoms with Crippen molar-refractivity contribution in [3.63, 3.8) is 0 Å². The van der Waals surface area contributed by atoms with Crippen LogP contribution in [0.1, 0.15) is 39.7 Å². The number of esters is 2. The lowest BCUT2D eigenvalue weighted by Crippen LogP contribution is -2.36. The fourth-order valence-corrected chi connectivity index (χ4v) is 3.47. The van der Waals surface area contributed by atoms with Crippen molar-refractivity contribution in [1.29, 1.82) is 0 Å². The largest absolute Gasteiger partial charge is 0.493 e. The van der Waals surface area contributed by atoms with E-state index in [1.165, 1.54) is 20.1 Å². The monoisotopic (exact) mass is 427 g/mol. The van der Waals surface area contributed by atoms with Crippen LogP contribution in [0.4, 0.5) is 0 Å². The third-order valence-electron chi connectivity index (χ3n) is 5.00. The molecular formula is C24H29NO6. The number of hydrogen-bond acceptors (Lipinski definition) is 7. The van der Waals surface area contributed by atoms with Crippen LogP contribution in [-0.2, 0) is 23.9 Å². The van der Waals surface area contributed by atoms with Gasteiger partial charge in [-0.1, -0.05) is 25.1 Å². The highest BCUT2D eigenvalue weighted by atomic mass is 16.5. The zero-order valence-electron chi connectivity index (χ0n) is 18.6. The number of carbonyl (C=O) groups excluding carboxylic acids is 3. The van der Waals surface area contributed by atoms with Gasteiger partial charge in [-0.05, 0) is 44.5 Å². The second-order valence-electron chi connectivity index (χ2n) is 7.39. The molecule has 1 aliphatic heterocycles. The number of aliphatic imine (C=N–C) groups is 1. The van der Waals surface area contributed by atoms with E-state index in [-0.39, 0.29) is 18.3 Å². The van der Waals surface area contributed by atoms with E-state index in [4.69, 9.17) is 14.2 Å². The molecule has 0 saturated carbocycles. The highest BCUT2D eigenvalue weighted by Gasteiger charge is 2.38. The van der Waals surface area contributed by atoms with Gasteiger partial charge in [0, 0.05) is 23.7 Å². The molecule has 2 atom stereocenters. The van der Waals surface area contributed by atoms with Gasteiger partial charge in [0.05, 0.1) is 25.9 Å². The lowest BCUT2D eigenvalue weighted by molar-refractivity contribution is -0.144. The first-order valence-electron chi connectivity index (χ1n) is 10.2. The predicted molar refractivity (Wildman–Crippen MR) is 118 cm³/mol. The number of carbonyl (C=O) groups is 3. The average molecular weight is 427 g/mol. The van der Waals surface area contributed by atoms with Crippen LogP contribution < -0.4 is 4.74 Å². The average Bonchev–Trinajstić information content (AvgIpc) is 2.72. The molecule has 166 valence electrons. The number of nitrogens with zero attached hydrogens (tertiary/aromatic N) is 1. The minimum atomic E-state index is -0.590. The highest BCUT2D eigenvalue weighted by Crippen LogP contribution is 2.32. The summed E-state index contributed by atoms with van der Waals surface area (Å²) in [5.41, 5.74) is 2.50. The van der Waals surface area contributed by atoms with Crippen LogP contribution >= 0.6 is 0 Å². The molecule has 1 heterocycles. The number of ether oxygens (including phenoxy) is 3. The standard InChI is InChI=1S/C24H29NO6/c1-15(26)7-8-19-9-11-20(12-10-19)30-13-6-14-31-24(28)22-16(2)21(23(27)29-5)17(3)25-18(22)4/h7-12,16,21H,6,13-14H2,1-5H3. The molecule has 0 amide bonds. The number of allylic oxidation sites excluding steroid dienone is 2. The van der Waals surface area contributed by atoms with Crippen LogP contribution in [0.3, 0.4) is 0 Å². The maximum absolute atomic E-state index is 12.6. The molecule has 7 nitrogen and oxygen atoms in total. The van der Waals surface area contributed by atoms with Crippen LogP contribution in [0.2, 0.25) is 0 Å².